The van der Waals surface area contributed by atoms with E-state index in [9.17, 15) is 8.42 Å². The highest BCUT2D eigenvalue weighted by Gasteiger charge is 2.17. The topological polar surface area (TPSA) is 81.2 Å². The molecular formula is C20H21N3O3S. The van der Waals surface area contributed by atoms with Crippen molar-refractivity contribution in [3.05, 3.63) is 71.7 Å². The van der Waals surface area contributed by atoms with Crippen LogP contribution in [0, 0.1) is 13.8 Å². The fourth-order valence-electron chi connectivity index (χ4n) is 2.66. The van der Waals surface area contributed by atoms with Gasteiger partial charge in [-0.1, -0.05) is 12.1 Å². The second kappa shape index (κ2) is 7.85. The number of hydrogen-bond acceptors (Lipinski definition) is 5. The van der Waals surface area contributed by atoms with Crippen LogP contribution in [0.4, 0.5) is 0 Å². The number of ether oxygens (including phenoxy) is 1. The molecule has 1 heterocycles. The quantitative estimate of drug-likeness (QED) is 0.707. The lowest BCUT2D eigenvalue weighted by atomic mass is 10.1. The van der Waals surface area contributed by atoms with Gasteiger partial charge >= 0.3 is 0 Å². The predicted octanol–water partition coefficient (Wildman–Crippen LogP) is 3.25. The summed E-state index contributed by atoms with van der Waals surface area (Å²) in [5.74, 6) is 0.759. The normalized spacial score (nSPS) is 11.4. The summed E-state index contributed by atoms with van der Waals surface area (Å²) in [4.78, 5) is 8.72. The van der Waals surface area contributed by atoms with Crippen molar-refractivity contribution in [3.8, 4) is 17.0 Å². The van der Waals surface area contributed by atoms with Gasteiger partial charge in [-0.05, 0) is 61.4 Å². The van der Waals surface area contributed by atoms with Gasteiger partial charge in [-0.3, -0.25) is 0 Å². The fraction of sp³-hybridized carbons (Fsp3) is 0.200. The van der Waals surface area contributed by atoms with E-state index in [2.05, 4.69) is 14.7 Å². The first-order valence-corrected chi connectivity index (χ1v) is 9.89. The van der Waals surface area contributed by atoms with Crippen molar-refractivity contribution in [3.63, 3.8) is 0 Å². The molecule has 2 aromatic carbocycles. The number of methoxy groups -OCH3 is 1. The second-order valence-electron chi connectivity index (χ2n) is 6.22. The lowest BCUT2D eigenvalue weighted by molar-refractivity contribution is 0.415. The minimum absolute atomic E-state index is 0.0847. The van der Waals surface area contributed by atoms with E-state index < -0.39 is 10.0 Å². The molecule has 1 aromatic heterocycles. The zero-order valence-electron chi connectivity index (χ0n) is 15.4. The first-order valence-electron chi connectivity index (χ1n) is 8.41. The highest BCUT2D eigenvalue weighted by molar-refractivity contribution is 7.89. The lowest BCUT2D eigenvalue weighted by Crippen LogP contribution is -2.24. The van der Waals surface area contributed by atoms with Crippen molar-refractivity contribution in [2.24, 2.45) is 0 Å². The van der Waals surface area contributed by atoms with Crippen molar-refractivity contribution in [1.82, 2.24) is 14.7 Å². The maximum Gasteiger partial charge on any atom is 0.241 e. The number of aromatic nitrogens is 2. The van der Waals surface area contributed by atoms with Gasteiger partial charge in [0.1, 0.15) is 12.1 Å². The predicted molar refractivity (Wildman–Crippen MR) is 104 cm³/mol. The van der Waals surface area contributed by atoms with Crippen LogP contribution in [-0.4, -0.2) is 25.5 Å². The van der Waals surface area contributed by atoms with Gasteiger partial charge in [-0.2, -0.15) is 0 Å². The number of rotatable bonds is 6. The molecule has 0 bridgehead atoms. The minimum atomic E-state index is -3.63. The van der Waals surface area contributed by atoms with Crippen LogP contribution in [0.1, 0.15) is 16.8 Å². The smallest absolute Gasteiger partial charge is 0.241 e. The maximum absolute atomic E-state index is 12.6. The van der Waals surface area contributed by atoms with Gasteiger partial charge in [0.15, 0.2) is 0 Å². The molecule has 140 valence electrons. The molecule has 0 spiro atoms. The van der Waals surface area contributed by atoms with E-state index in [1.165, 1.54) is 6.33 Å². The Morgan fingerprint density at radius 1 is 1.00 bits per heavy atom. The van der Waals surface area contributed by atoms with E-state index in [0.717, 1.165) is 16.9 Å². The molecule has 0 unspecified atom stereocenters. The van der Waals surface area contributed by atoms with Crippen LogP contribution in [-0.2, 0) is 16.6 Å². The van der Waals surface area contributed by atoms with Crippen molar-refractivity contribution < 1.29 is 13.2 Å². The van der Waals surface area contributed by atoms with E-state index in [1.807, 2.05) is 37.3 Å². The summed E-state index contributed by atoms with van der Waals surface area (Å²) in [6.07, 6.45) is 1.43. The Labute approximate surface area is 159 Å². The molecule has 27 heavy (non-hydrogen) atoms. The molecule has 0 amide bonds. The number of benzene rings is 2. The zero-order valence-corrected chi connectivity index (χ0v) is 16.2. The summed E-state index contributed by atoms with van der Waals surface area (Å²) in [5.41, 5.74) is 3.80. The Bertz CT molecular complexity index is 1050. The van der Waals surface area contributed by atoms with Gasteiger partial charge in [-0.25, -0.2) is 23.1 Å². The molecule has 1 N–H and O–H groups in total. The minimum Gasteiger partial charge on any atom is -0.497 e. The molecule has 7 heteroatoms. The SMILES string of the molecule is COc1ccc(-c2cc(CNS(=O)(=O)c3cc(C)ccc3C)ncn2)cc1. The molecule has 0 fully saturated rings. The van der Waals surface area contributed by atoms with Gasteiger partial charge in [0.2, 0.25) is 10.0 Å². The molecule has 0 aliphatic rings. The molecule has 3 aromatic rings. The van der Waals surface area contributed by atoms with Crippen molar-refractivity contribution in [2.75, 3.05) is 7.11 Å². The summed E-state index contributed by atoms with van der Waals surface area (Å²) in [6.45, 7) is 3.73. The Morgan fingerprint density at radius 2 is 1.74 bits per heavy atom. The first-order chi connectivity index (χ1) is 12.9. The average molecular weight is 383 g/mol. The van der Waals surface area contributed by atoms with Crippen LogP contribution in [0.25, 0.3) is 11.3 Å². The third-order valence-corrected chi connectivity index (χ3v) is 5.73. The number of nitrogens with one attached hydrogen (secondary N) is 1. The largest absolute Gasteiger partial charge is 0.497 e. The highest BCUT2D eigenvalue weighted by atomic mass is 32.2. The molecule has 0 atom stereocenters. The van der Waals surface area contributed by atoms with Crippen molar-refractivity contribution in [2.45, 2.75) is 25.3 Å². The lowest BCUT2D eigenvalue weighted by Gasteiger charge is -2.10. The summed E-state index contributed by atoms with van der Waals surface area (Å²) < 4.78 is 33.0. The number of nitrogens with zero attached hydrogens (tertiary/aromatic N) is 2. The Morgan fingerprint density at radius 3 is 2.44 bits per heavy atom. The van der Waals surface area contributed by atoms with Crippen LogP contribution < -0.4 is 9.46 Å². The number of hydrogen-bond donors (Lipinski definition) is 1. The van der Waals surface area contributed by atoms with E-state index in [-0.39, 0.29) is 11.4 Å². The highest BCUT2D eigenvalue weighted by Crippen LogP contribution is 2.21. The van der Waals surface area contributed by atoms with E-state index in [1.54, 1.807) is 32.2 Å². The van der Waals surface area contributed by atoms with Crippen molar-refractivity contribution in [1.29, 1.82) is 0 Å². The standard InChI is InChI=1S/C20H21N3O3S/c1-14-4-5-15(2)20(10-14)27(24,25)23-12-17-11-19(22-13-21-17)16-6-8-18(26-3)9-7-16/h4-11,13,23H,12H2,1-3H3. The molecule has 0 aliphatic heterocycles. The summed E-state index contributed by atoms with van der Waals surface area (Å²) in [6, 6.07) is 14.6. The summed E-state index contributed by atoms with van der Waals surface area (Å²) >= 11 is 0. The van der Waals surface area contributed by atoms with Crippen LogP contribution in [0.3, 0.4) is 0 Å². The molecule has 0 saturated heterocycles. The average Bonchev–Trinajstić information content (AvgIpc) is 2.68. The third-order valence-electron chi connectivity index (χ3n) is 4.19. The molecule has 6 nitrogen and oxygen atoms in total. The zero-order chi connectivity index (χ0) is 19.4. The fourth-order valence-corrected chi connectivity index (χ4v) is 3.98. The maximum atomic E-state index is 12.6. The monoisotopic (exact) mass is 383 g/mol. The van der Waals surface area contributed by atoms with Gasteiger partial charge in [-0.15, -0.1) is 0 Å². The number of sulfonamides is 1. The van der Waals surface area contributed by atoms with Crippen LogP contribution in [0.5, 0.6) is 5.75 Å². The van der Waals surface area contributed by atoms with Gasteiger partial charge in [0, 0.05) is 5.56 Å². The molecule has 0 aliphatic carbocycles. The van der Waals surface area contributed by atoms with Gasteiger partial charge < -0.3 is 4.74 Å². The summed E-state index contributed by atoms with van der Waals surface area (Å²) in [5, 5.41) is 0. The summed E-state index contributed by atoms with van der Waals surface area (Å²) in [7, 11) is -2.01. The van der Waals surface area contributed by atoms with Crippen LogP contribution in [0.15, 0.2) is 59.8 Å². The molecule has 0 radical (unpaired) electrons. The number of aryl methyl sites for hydroxylation is 2. The van der Waals surface area contributed by atoms with Gasteiger partial charge in [0.25, 0.3) is 0 Å². The molecule has 0 saturated carbocycles. The van der Waals surface area contributed by atoms with Crippen LogP contribution >= 0.6 is 0 Å². The second-order valence-corrected chi connectivity index (χ2v) is 7.95. The van der Waals surface area contributed by atoms with Crippen molar-refractivity contribution >= 4 is 10.0 Å². The Kier molecular flexibility index (Phi) is 5.53. The van der Waals surface area contributed by atoms with Gasteiger partial charge in [0.05, 0.1) is 29.9 Å². The molecule has 3 rings (SSSR count). The third kappa shape index (κ3) is 4.50. The first kappa shape index (κ1) is 19.0. The van der Waals surface area contributed by atoms with Crippen LogP contribution in [0.2, 0.25) is 0 Å². The molecular weight excluding hydrogens is 362 g/mol. The van der Waals surface area contributed by atoms with E-state index in [4.69, 9.17) is 4.74 Å². The Balaban J connectivity index is 1.79. The van der Waals surface area contributed by atoms with E-state index in [0.29, 0.717) is 17.0 Å². The van der Waals surface area contributed by atoms with E-state index >= 15 is 0 Å². The Hall–Kier alpha value is -2.77.